The number of benzene rings is 2. The van der Waals surface area contributed by atoms with Crippen molar-refractivity contribution in [1.82, 2.24) is 19.9 Å². The van der Waals surface area contributed by atoms with Gasteiger partial charge in [0, 0.05) is 30.4 Å². The van der Waals surface area contributed by atoms with Gasteiger partial charge in [-0.1, -0.05) is 29.8 Å². The van der Waals surface area contributed by atoms with Gasteiger partial charge >= 0.3 is 0 Å². The lowest BCUT2D eigenvalue weighted by molar-refractivity contribution is 0.0952. The molecule has 4 aromatic rings. The lowest BCUT2D eigenvalue weighted by atomic mass is 10.1. The molecule has 0 fully saturated rings. The van der Waals surface area contributed by atoms with Gasteiger partial charge in [-0.3, -0.25) is 4.79 Å². The molecule has 1 amide bonds. The molecular formula is C24H24N4O2. The second-order valence-electron chi connectivity index (χ2n) is 7.01. The average Bonchev–Trinajstić information content (AvgIpc) is 3.13. The molecule has 0 bridgehead atoms. The fourth-order valence-electron chi connectivity index (χ4n) is 3.35. The maximum absolute atomic E-state index is 12.5. The van der Waals surface area contributed by atoms with E-state index in [0.29, 0.717) is 25.3 Å². The van der Waals surface area contributed by atoms with E-state index in [1.807, 2.05) is 19.1 Å². The Morgan fingerprint density at radius 2 is 1.83 bits per heavy atom. The van der Waals surface area contributed by atoms with Crippen molar-refractivity contribution in [2.24, 2.45) is 0 Å². The van der Waals surface area contributed by atoms with Gasteiger partial charge in [-0.25, -0.2) is 9.97 Å². The van der Waals surface area contributed by atoms with Crippen LogP contribution in [0.25, 0.3) is 22.6 Å². The number of imidazole rings is 1. The van der Waals surface area contributed by atoms with Crippen molar-refractivity contribution in [2.75, 3.05) is 13.2 Å². The molecule has 6 nitrogen and oxygen atoms in total. The maximum atomic E-state index is 12.5. The van der Waals surface area contributed by atoms with E-state index in [4.69, 9.17) is 9.72 Å². The summed E-state index contributed by atoms with van der Waals surface area (Å²) in [5.74, 6) is 1.49. The van der Waals surface area contributed by atoms with Crippen LogP contribution in [-0.2, 0) is 6.54 Å². The third-order valence-electron chi connectivity index (χ3n) is 4.86. The number of hydrogen-bond donors (Lipinski definition) is 1. The Hall–Kier alpha value is -3.67. The van der Waals surface area contributed by atoms with Crippen LogP contribution in [0.5, 0.6) is 5.75 Å². The summed E-state index contributed by atoms with van der Waals surface area (Å²) in [5, 5.41) is 2.99. The summed E-state index contributed by atoms with van der Waals surface area (Å²) < 4.78 is 7.48. The summed E-state index contributed by atoms with van der Waals surface area (Å²) in [4.78, 5) is 21.8. The number of aromatic nitrogens is 3. The van der Waals surface area contributed by atoms with E-state index in [1.165, 1.54) is 5.56 Å². The predicted octanol–water partition coefficient (Wildman–Crippen LogP) is 4.24. The summed E-state index contributed by atoms with van der Waals surface area (Å²) >= 11 is 0. The molecule has 152 valence electrons. The minimum atomic E-state index is -0.118. The van der Waals surface area contributed by atoms with Gasteiger partial charge < -0.3 is 14.6 Å². The van der Waals surface area contributed by atoms with Crippen molar-refractivity contribution in [3.63, 3.8) is 0 Å². The molecule has 1 N–H and O–H groups in total. The molecule has 0 aliphatic rings. The lowest BCUT2D eigenvalue weighted by Crippen LogP contribution is -2.27. The average molecular weight is 400 g/mol. The number of ether oxygens (including phenoxy) is 1. The summed E-state index contributed by atoms with van der Waals surface area (Å²) in [5.41, 5.74) is 4.47. The highest BCUT2D eigenvalue weighted by molar-refractivity contribution is 5.94. The predicted molar refractivity (Wildman–Crippen MR) is 118 cm³/mol. The Morgan fingerprint density at radius 1 is 1.07 bits per heavy atom. The third-order valence-corrected chi connectivity index (χ3v) is 4.86. The van der Waals surface area contributed by atoms with E-state index in [1.54, 1.807) is 30.5 Å². The van der Waals surface area contributed by atoms with Crippen LogP contribution in [0.15, 0.2) is 66.9 Å². The fraction of sp³-hybridized carbons (Fsp3) is 0.208. The van der Waals surface area contributed by atoms with Gasteiger partial charge in [0.05, 0.1) is 6.61 Å². The number of nitrogens with zero attached hydrogens (tertiary/aromatic N) is 3. The molecule has 2 aromatic heterocycles. The monoisotopic (exact) mass is 400 g/mol. The van der Waals surface area contributed by atoms with E-state index in [-0.39, 0.29) is 5.91 Å². The molecule has 2 heterocycles. The summed E-state index contributed by atoms with van der Waals surface area (Å²) in [7, 11) is 0. The number of carbonyl (C=O) groups is 1. The van der Waals surface area contributed by atoms with Gasteiger partial charge in [0.1, 0.15) is 17.1 Å². The molecule has 0 spiro atoms. The Morgan fingerprint density at radius 3 is 2.57 bits per heavy atom. The molecule has 0 saturated heterocycles. The molecule has 2 aromatic carbocycles. The number of hydrogen-bond acceptors (Lipinski definition) is 4. The zero-order valence-electron chi connectivity index (χ0n) is 17.1. The molecule has 0 aliphatic carbocycles. The summed E-state index contributed by atoms with van der Waals surface area (Å²) in [6, 6.07) is 19.2. The maximum Gasteiger partial charge on any atom is 0.251 e. The Labute approximate surface area is 175 Å². The third kappa shape index (κ3) is 4.17. The van der Waals surface area contributed by atoms with Crippen LogP contribution in [0, 0.1) is 6.92 Å². The van der Waals surface area contributed by atoms with E-state index in [0.717, 1.165) is 28.3 Å². The highest BCUT2D eigenvalue weighted by atomic mass is 16.5. The molecule has 4 rings (SSSR count). The first kappa shape index (κ1) is 19.6. The molecule has 0 aliphatic heterocycles. The van der Waals surface area contributed by atoms with Crippen LogP contribution in [-0.4, -0.2) is 33.6 Å². The minimum absolute atomic E-state index is 0.118. The van der Waals surface area contributed by atoms with Gasteiger partial charge in [-0.15, -0.1) is 0 Å². The Balaban J connectivity index is 1.51. The van der Waals surface area contributed by atoms with Crippen molar-refractivity contribution >= 4 is 17.1 Å². The van der Waals surface area contributed by atoms with Gasteiger partial charge in [-0.05, 0) is 50.2 Å². The number of pyridine rings is 1. The number of fused-ring (bicyclic) bond motifs is 1. The number of amides is 1. The van der Waals surface area contributed by atoms with Crippen molar-refractivity contribution in [2.45, 2.75) is 20.4 Å². The smallest absolute Gasteiger partial charge is 0.251 e. The zero-order chi connectivity index (χ0) is 20.9. The number of aryl methyl sites for hydroxylation is 1. The standard InChI is InChI=1S/C24H24N4O2/c1-3-30-20-12-10-19(11-13-20)24(29)26-15-16-28-22(18-8-6-17(2)7-9-18)27-21-5-4-14-25-23(21)28/h4-14H,3,15-16H2,1-2H3,(H,26,29). The molecule has 0 radical (unpaired) electrons. The molecule has 0 unspecified atom stereocenters. The second kappa shape index (κ2) is 8.78. The highest BCUT2D eigenvalue weighted by Crippen LogP contribution is 2.23. The summed E-state index contributed by atoms with van der Waals surface area (Å²) in [6.45, 7) is 5.62. The molecule has 0 saturated carbocycles. The number of rotatable bonds is 7. The minimum Gasteiger partial charge on any atom is -0.494 e. The van der Waals surface area contributed by atoms with Crippen LogP contribution in [0.4, 0.5) is 0 Å². The summed E-state index contributed by atoms with van der Waals surface area (Å²) in [6.07, 6.45) is 1.76. The highest BCUT2D eigenvalue weighted by Gasteiger charge is 2.14. The van der Waals surface area contributed by atoms with Crippen LogP contribution in [0.1, 0.15) is 22.8 Å². The van der Waals surface area contributed by atoms with Crippen molar-refractivity contribution < 1.29 is 9.53 Å². The SMILES string of the molecule is CCOc1ccc(C(=O)NCCn2c(-c3ccc(C)cc3)nc3cccnc32)cc1. The normalized spacial score (nSPS) is 10.9. The van der Waals surface area contributed by atoms with Crippen LogP contribution in [0.2, 0.25) is 0 Å². The molecule has 0 atom stereocenters. The first-order valence-electron chi connectivity index (χ1n) is 10.0. The van der Waals surface area contributed by atoms with Crippen molar-refractivity contribution in [3.8, 4) is 17.1 Å². The van der Waals surface area contributed by atoms with E-state index < -0.39 is 0 Å². The molecule has 6 heteroatoms. The van der Waals surface area contributed by atoms with Gasteiger partial charge in [-0.2, -0.15) is 0 Å². The topological polar surface area (TPSA) is 69.0 Å². The second-order valence-corrected chi connectivity index (χ2v) is 7.01. The first-order valence-corrected chi connectivity index (χ1v) is 10.0. The van der Waals surface area contributed by atoms with Gasteiger partial charge in [0.15, 0.2) is 5.65 Å². The van der Waals surface area contributed by atoms with Crippen molar-refractivity contribution in [1.29, 1.82) is 0 Å². The number of nitrogens with one attached hydrogen (secondary N) is 1. The molecule has 30 heavy (non-hydrogen) atoms. The molecular weight excluding hydrogens is 376 g/mol. The quantitative estimate of drug-likeness (QED) is 0.504. The van der Waals surface area contributed by atoms with Crippen LogP contribution >= 0.6 is 0 Å². The van der Waals surface area contributed by atoms with Crippen LogP contribution < -0.4 is 10.1 Å². The Kier molecular flexibility index (Phi) is 5.75. The number of carbonyl (C=O) groups excluding carboxylic acids is 1. The Bertz CT molecular complexity index is 1150. The fourth-order valence-corrected chi connectivity index (χ4v) is 3.35. The van der Waals surface area contributed by atoms with Crippen molar-refractivity contribution in [3.05, 3.63) is 78.0 Å². The van der Waals surface area contributed by atoms with E-state index in [2.05, 4.69) is 46.1 Å². The van der Waals surface area contributed by atoms with E-state index >= 15 is 0 Å². The van der Waals surface area contributed by atoms with Crippen LogP contribution in [0.3, 0.4) is 0 Å². The van der Waals surface area contributed by atoms with Gasteiger partial charge in [0.25, 0.3) is 5.91 Å². The van der Waals surface area contributed by atoms with Gasteiger partial charge in [0.2, 0.25) is 0 Å². The lowest BCUT2D eigenvalue weighted by Gasteiger charge is -2.11. The zero-order valence-corrected chi connectivity index (χ0v) is 17.1. The first-order chi connectivity index (χ1) is 14.7. The largest absolute Gasteiger partial charge is 0.494 e. The van der Waals surface area contributed by atoms with E-state index in [9.17, 15) is 4.79 Å².